The quantitative estimate of drug-likeness (QED) is 0.350. The molecule has 74 valence electrons. The molecule has 3 aliphatic heterocycles. The first-order valence-electron chi connectivity index (χ1n) is 4.60. The van der Waals surface area contributed by atoms with Crippen LogP contribution in [0.15, 0.2) is 12.7 Å². The van der Waals surface area contributed by atoms with Gasteiger partial charge < -0.3 is 4.90 Å². The number of amides is 1. The second kappa shape index (κ2) is 2.77. The maximum atomic E-state index is 11.7. The van der Waals surface area contributed by atoms with Crippen LogP contribution in [0.4, 0.5) is 0 Å². The molecule has 1 amide bonds. The largest absolute Gasteiger partial charge is 0.329 e. The minimum Gasteiger partial charge on any atom is -0.329 e. The molecule has 1 unspecified atom stereocenters. The number of ketones is 2. The van der Waals surface area contributed by atoms with Gasteiger partial charge in [0.2, 0.25) is 5.78 Å². The van der Waals surface area contributed by atoms with Crippen LogP contribution in [0.2, 0.25) is 0 Å². The lowest BCUT2D eigenvalue weighted by molar-refractivity contribution is -0.166. The van der Waals surface area contributed by atoms with Crippen molar-refractivity contribution in [2.45, 2.75) is 12.8 Å². The summed E-state index contributed by atoms with van der Waals surface area (Å²) in [5.41, 5.74) is -1.06. The second-order valence-electron chi connectivity index (χ2n) is 3.80. The number of carbonyl (C=O) groups excluding carboxylic acids is 3. The van der Waals surface area contributed by atoms with Crippen LogP contribution in [0, 0.1) is 5.41 Å². The van der Waals surface area contributed by atoms with Crippen LogP contribution in [0.3, 0.4) is 0 Å². The molecule has 0 spiro atoms. The normalized spacial score (nSPS) is 31.1. The predicted molar refractivity (Wildman–Crippen MR) is 48.5 cm³/mol. The van der Waals surface area contributed by atoms with Crippen molar-refractivity contribution in [1.29, 1.82) is 0 Å². The van der Waals surface area contributed by atoms with E-state index in [0.29, 0.717) is 19.4 Å². The molecule has 0 aromatic heterocycles. The molecule has 0 saturated carbocycles. The monoisotopic (exact) mass is 193 g/mol. The molecule has 4 nitrogen and oxygen atoms in total. The van der Waals surface area contributed by atoms with E-state index in [-0.39, 0.29) is 12.3 Å². The van der Waals surface area contributed by atoms with Gasteiger partial charge in [0.25, 0.3) is 5.91 Å². The zero-order valence-electron chi connectivity index (χ0n) is 7.78. The van der Waals surface area contributed by atoms with Crippen LogP contribution in [-0.2, 0) is 14.4 Å². The predicted octanol–water partition coefficient (Wildman–Crippen LogP) is -0.0670. The SMILES string of the molecule is C=CCC12CCN(CC1=O)C(=O)C2=O. The van der Waals surface area contributed by atoms with Crippen molar-refractivity contribution in [2.24, 2.45) is 5.41 Å². The molecule has 14 heavy (non-hydrogen) atoms. The van der Waals surface area contributed by atoms with Gasteiger partial charge in [0.1, 0.15) is 5.41 Å². The Hall–Kier alpha value is -1.45. The average molecular weight is 193 g/mol. The lowest BCUT2D eigenvalue weighted by Gasteiger charge is -2.44. The number of allylic oxidation sites excluding steroid dienone is 1. The number of Topliss-reactive ketones (excluding diaryl/α,β-unsaturated/α-hetero) is 2. The van der Waals surface area contributed by atoms with Crippen molar-refractivity contribution < 1.29 is 14.4 Å². The molecule has 3 fully saturated rings. The summed E-state index contributed by atoms with van der Waals surface area (Å²) in [6, 6.07) is 0. The van der Waals surface area contributed by atoms with E-state index in [0.717, 1.165) is 0 Å². The van der Waals surface area contributed by atoms with Crippen LogP contribution in [0.5, 0.6) is 0 Å². The van der Waals surface area contributed by atoms with E-state index in [4.69, 9.17) is 0 Å². The fraction of sp³-hybridized carbons (Fsp3) is 0.500. The van der Waals surface area contributed by atoms with Gasteiger partial charge in [-0.25, -0.2) is 0 Å². The Kier molecular flexibility index (Phi) is 1.80. The van der Waals surface area contributed by atoms with Crippen LogP contribution in [0.25, 0.3) is 0 Å². The molecular weight excluding hydrogens is 182 g/mol. The minimum atomic E-state index is -1.06. The highest BCUT2D eigenvalue weighted by Gasteiger charge is 2.56. The Bertz CT molecular complexity index is 347. The first-order chi connectivity index (χ1) is 6.62. The van der Waals surface area contributed by atoms with Gasteiger partial charge in [-0.3, -0.25) is 14.4 Å². The van der Waals surface area contributed by atoms with E-state index in [2.05, 4.69) is 6.58 Å². The maximum absolute atomic E-state index is 11.7. The highest BCUT2D eigenvalue weighted by Crippen LogP contribution is 2.38. The van der Waals surface area contributed by atoms with Gasteiger partial charge in [-0.15, -0.1) is 6.58 Å². The summed E-state index contributed by atoms with van der Waals surface area (Å²) < 4.78 is 0. The van der Waals surface area contributed by atoms with Crippen molar-refractivity contribution in [1.82, 2.24) is 4.90 Å². The maximum Gasteiger partial charge on any atom is 0.291 e. The first-order valence-corrected chi connectivity index (χ1v) is 4.60. The summed E-state index contributed by atoms with van der Waals surface area (Å²) in [6.07, 6.45) is 2.30. The summed E-state index contributed by atoms with van der Waals surface area (Å²) in [7, 11) is 0. The minimum absolute atomic E-state index is 0.0956. The van der Waals surface area contributed by atoms with Crippen LogP contribution in [0.1, 0.15) is 12.8 Å². The van der Waals surface area contributed by atoms with Crippen molar-refractivity contribution in [3.63, 3.8) is 0 Å². The number of fused-ring (bicyclic) bond motifs is 3. The van der Waals surface area contributed by atoms with Crippen molar-refractivity contribution in [3.8, 4) is 0 Å². The summed E-state index contributed by atoms with van der Waals surface area (Å²) >= 11 is 0. The van der Waals surface area contributed by atoms with E-state index in [1.807, 2.05) is 0 Å². The van der Waals surface area contributed by atoms with E-state index >= 15 is 0 Å². The van der Waals surface area contributed by atoms with Crippen molar-refractivity contribution in [2.75, 3.05) is 13.1 Å². The molecule has 0 radical (unpaired) electrons. The van der Waals surface area contributed by atoms with Crippen molar-refractivity contribution >= 4 is 17.5 Å². The molecular formula is C10H11NO3. The van der Waals surface area contributed by atoms with Crippen LogP contribution in [-0.4, -0.2) is 35.5 Å². The first kappa shape index (κ1) is 9.12. The van der Waals surface area contributed by atoms with Crippen LogP contribution < -0.4 is 0 Å². The molecule has 3 heterocycles. The number of hydrogen-bond donors (Lipinski definition) is 0. The summed E-state index contributed by atoms with van der Waals surface area (Å²) in [5.74, 6) is -1.18. The number of rotatable bonds is 2. The van der Waals surface area contributed by atoms with Crippen molar-refractivity contribution in [3.05, 3.63) is 12.7 Å². The van der Waals surface area contributed by atoms with E-state index < -0.39 is 17.1 Å². The second-order valence-corrected chi connectivity index (χ2v) is 3.80. The molecule has 3 aliphatic rings. The standard InChI is InChI=1S/C10H11NO3/c1-2-3-10-4-5-11(6-7(10)12)9(14)8(10)13/h2H,1,3-6H2. The Balaban J connectivity index is 2.44. The number of piperidine rings is 3. The highest BCUT2D eigenvalue weighted by atomic mass is 16.2. The average Bonchev–Trinajstić information content (AvgIpc) is 2.17. The van der Waals surface area contributed by atoms with Gasteiger partial charge in [0.05, 0.1) is 6.54 Å². The summed E-state index contributed by atoms with van der Waals surface area (Å²) in [6.45, 7) is 4.14. The fourth-order valence-corrected chi connectivity index (χ4v) is 2.19. The lowest BCUT2D eigenvalue weighted by atomic mass is 9.68. The molecule has 0 aliphatic carbocycles. The van der Waals surface area contributed by atoms with Gasteiger partial charge in [0.15, 0.2) is 5.78 Å². The number of nitrogens with zero attached hydrogens (tertiary/aromatic N) is 1. The summed E-state index contributed by atoms with van der Waals surface area (Å²) in [4.78, 5) is 36.0. The van der Waals surface area contributed by atoms with Gasteiger partial charge in [-0.2, -0.15) is 0 Å². The third-order valence-corrected chi connectivity index (χ3v) is 3.09. The topological polar surface area (TPSA) is 54.5 Å². The molecule has 0 aromatic carbocycles. The van der Waals surface area contributed by atoms with Gasteiger partial charge in [-0.1, -0.05) is 6.08 Å². The molecule has 4 heteroatoms. The van der Waals surface area contributed by atoms with E-state index in [1.54, 1.807) is 6.08 Å². The molecule has 3 saturated heterocycles. The number of carbonyl (C=O) groups is 3. The van der Waals surface area contributed by atoms with Gasteiger partial charge >= 0.3 is 0 Å². The third kappa shape index (κ3) is 0.908. The Labute approximate surface area is 81.6 Å². The lowest BCUT2D eigenvalue weighted by Crippen LogP contribution is -2.63. The highest BCUT2D eigenvalue weighted by molar-refractivity contribution is 6.45. The van der Waals surface area contributed by atoms with Gasteiger partial charge in [-0.05, 0) is 12.8 Å². The van der Waals surface area contributed by atoms with E-state index in [1.165, 1.54) is 4.90 Å². The Morgan fingerprint density at radius 1 is 1.43 bits per heavy atom. The zero-order valence-corrected chi connectivity index (χ0v) is 7.78. The summed E-state index contributed by atoms with van der Waals surface area (Å²) in [5, 5.41) is 0. The molecule has 0 aromatic rings. The fourth-order valence-electron chi connectivity index (χ4n) is 2.19. The molecule has 0 N–H and O–H groups in total. The molecule has 2 bridgehead atoms. The Morgan fingerprint density at radius 2 is 2.14 bits per heavy atom. The van der Waals surface area contributed by atoms with E-state index in [9.17, 15) is 14.4 Å². The third-order valence-electron chi connectivity index (χ3n) is 3.09. The zero-order chi connectivity index (χ0) is 10.3. The number of hydrogen-bond acceptors (Lipinski definition) is 3. The smallest absolute Gasteiger partial charge is 0.291 e. The van der Waals surface area contributed by atoms with Crippen LogP contribution >= 0.6 is 0 Å². The Morgan fingerprint density at radius 3 is 2.71 bits per heavy atom. The van der Waals surface area contributed by atoms with Gasteiger partial charge in [0, 0.05) is 6.54 Å². The molecule has 1 atom stereocenters. The molecule has 3 rings (SSSR count).